The number of aliphatic hydroxyl groups excluding tert-OH is 1. The van der Waals surface area contributed by atoms with Gasteiger partial charge < -0.3 is 10.4 Å². The van der Waals surface area contributed by atoms with Gasteiger partial charge in [-0.15, -0.1) is 0 Å². The molecule has 0 heterocycles. The van der Waals surface area contributed by atoms with Crippen molar-refractivity contribution in [3.63, 3.8) is 0 Å². The van der Waals surface area contributed by atoms with Crippen molar-refractivity contribution in [2.45, 2.75) is 37.9 Å². The lowest BCUT2D eigenvalue weighted by Gasteiger charge is -2.22. The molecular weight excluding hydrogens is 214 g/mol. The van der Waals surface area contributed by atoms with Crippen molar-refractivity contribution >= 4 is 9.84 Å². The SMILES string of the molecule is CC(C)(CNCCCCCO)S(C)(=O)=O. The number of sulfone groups is 1. The van der Waals surface area contributed by atoms with E-state index in [1.165, 1.54) is 6.26 Å². The predicted octanol–water partition coefficient (Wildman–Crippen LogP) is 0.562. The number of hydrogen-bond acceptors (Lipinski definition) is 4. The first-order valence-electron chi connectivity index (χ1n) is 5.32. The van der Waals surface area contributed by atoms with Crippen LogP contribution in [0.1, 0.15) is 33.1 Å². The fourth-order valence-electron chi connectivity index (χ4n) is 1.06. The Balaban J connectivity index is 3.68. The predicted molar refractivity (Wildman–Crippen MR) is 62.7 cm³/mol. The fraction of sp³-hybridized carbons (Fsp3) is 1.00. The van der Waals surface area contributed by atoms with E-state index in [4.69, 9.17) is 5.11 Å². The molecule has 0 rings (SSSR count). The molecule has 0 aromatic heterocycles. The summed E-state index contributed by atoms with van der Waals surface area (Å²) < 4.78 is 22.0. The maximum Gasteiger partial charge on any atom is 0.153 e. The molecule has 15 heavy (non-hydrogen) atoms. The van der Waals surface area contributed by atoms with Crippen molar-refractivity contribution in [2.75, 3.05) is 26.0 Å². The molecule has 0 aliphatic carbocycles. The van der Waals surface area contributed by atoms with Crippen LogP contribution < -0.4 is 5.32 Å². The molecule has 0 amide bonds. The van der Waals surface area contributed by atoms with Gasteiger partial charge >= 0.3 is 0 Å². The van der Waals surface area contributed by atoms with Gasteiger partial charge in [-0.3, -0.25) is 0 Å². The van der Waals surface area contributed by atoms with E-state index in [-0.39, 0.29) is 6.61 Å². The molecule has 0 aliphatic heterocycles. The van der Waals surface area contributed by atoms with Gasteiger partial charge in [0.25, 0.3) is 0 Å². The van der Waals surface area contributed by atoms with Crippen LogP contribution in [0.2, 0.25) is 0 Å². The Hall–Kier alpha value is -0.130. The maximum atomic E-state index is 11.3. The maximum absolute atomic E-state index is 11.3. The minimum atomic E-state index is -3.00. The fourth-order valence-corrected chi connectivity index (χ4v) is 1.42. The zero-order valence-electron chi connectivity index (χ0n) is 9.91. The third kappa shape index (κ3) is 6.12. The van der Waals surface area contributed by atoms with Crippen LogP contribution in [0.15, 0.2) is 0 Å². The summed E-state index contributed by atoms with van der Waals surface area (Å²) in [4.78, 5) is 0. The minimum Gasteiger partial charge on any atom is -0.396 e. The molecule has 5 heteroatoms. The molecule has 0 unspecified atom stereocenters. The molecule has 0 saturated carbocycles. The van der Waals surface area contributed by atoms with Crippen LogP contribution in [0.4, 0.5) is 0 Å². The van der Waals surface area contributed by atoms with Crippen LogP contribution in [0.5, 0.6) is 0 Å². The largest absolute Gasteiger partial charge is 0.396 e. The van der Waals surface area contributed by atoms with Crippen LogP contribution >= 0.6 is 0 Å². The molecule has 0 spiro atoms. The van der Waals surface area contributed by atoms with Crippen LogP contribution in [-0.4, -0.2) is 44.2 Å². The highest BCUT2D eigenvalue weighted by Crippen LogP contribution is 2.13. The molecule has 0 saturated heterocycles. The Labute approximate surface area is 93.0 Å². The van der Waals surface area contributed by atoms with E-state index in [2.05, 4.69) is 5.32 Å². The van der Waals surface area contributed by atoms with E-state index in [1.807, 2.05) is 0 Å². The Morgan fingerprint density at radius 3 is 2.27 bits per heavy atom. The van der Waals surface area contributed by atoms with E-state index in [9.17, 15) is 8.42 Å². The van der Waals surface area contributed by atoms with Crippen molar-refractivity contribution in [1.29, 1.82) is 0 Å². The molecule has 0 aromatic rings. The van der Waals surface area contributed by atoms with Gasteiger partial charge in [0, 0.05) is 19.4 Å². The molecule has 0 radical (unpaired) electrons. The highest BCUT2D eigenvalue weighted by molar-refractivity contribution is 7.92. The molecule has 4 nitrogen and oxygen atoms in total. The third-order valence-electron chi connectivity index (χ3n) is 2.57. The first kappa shape index (κ1) is 14.9. The van der Waals surface area contributed by atoms with Gasteiger partial charge in [0.1, 0.15) is 0 Å². The van der Waals surface area contributed by atoms with Gasteiger partial charge in [0.15, 0.2) is 9.84 Å². The number of hydrogen-bond donors (Lipinski definition) is 2. The summed E-state index contributed by atoms with van der Waals surface area (Å²) in [5.74, 6) is 0. The standard InChI is InChI=1S/C10H23NO3S/c1-10(2,15(3,13)14)9-11-7-5-4-6-8-12/h11-12H,4-9H2,1-3H3. The second kappa shape index (κ2) is 6.45. The smallest absolute Gasteiger partial charge is 0.153 e. The lowest BCUT2D eigenvalue weighted by molar-refractivity contribution is 0.282. The van der Waals surface area contributed by atoms with Crippen molar-refractivity contribution < 1.29 is 13.5 Å². The molecule has 0 aromatic carbocycles. The summed E-state index contributed by atoms with van der Waals surface area (Å²) in [6.45, 7) is 4.96. The summed E-state index contributed by atoms with van der Waals surface area (Å²) in [6.07, 6.45) is 4.03. The Bertz CT molecular complexity index is 260. The van der Waals surface area contributed by atoms with Gasteiger partial charge in [-0.2, -0.15) is 0 Å². The average molecular weight is 237 g/mol. The molecule has 0 atom stereocenters. The highest BCUT2D eigenvalue weighted by Gasteiger charge is 2.29. The van der Waals surface area contributed by atoms with Crippen LogP contribution in [0.3, 0.4) is 0 Å². The summed E-state index contributed by atoms with van der Waals surface area (Å²) >= 11 is 0. The lowest BCUT2D eigenvalue weighted by Crippen LogP contribution is -2.41. The Morgan fingerprint density at radius 1 is 1.20 bits per heavy atom. The number of nitrogens with one attached hydrogen (secondary N) is 1. The van der Waals surface area contributed by atoms with Crippen molar-refractivity contribution in [3.05, 3.63) is 0 Å². The number of unbranched alkanes of at least 4 members (excludes halogenated alkanes) is 2. The summed E-state index contributed by atoms with van der Waals surface area (Å²) in [7, 11) is -3.00. The normalized spacial score (nSPS) is 13.1. The topological polar surface area (TPSA) is 66.4 Å². The van der Waals surface area contributed by atoms with E-state index < -0.39 is 14.6 Å². The summed E-state index contributed by atoms with van der Waals surface area (Å²) in [6, 6.07) is 0. The molecular formula is C10H23NO3S. The summed E-state index contributed by atoms with van der Waals surface area (Å²) in [5.41, 5.74) is 0. The van der Waals surface area contributed by atoms with E-state index >= 15 is 0 Å². The monoisotopic (exact) mass is 237 g/mol. The van der Waals surface area contributed by atoms with Crippen molar-refractivity contribution in [3.8, 4) is 0 Å². The molecule has 2 N–H and O–H groups in total. The average Bonchev–Trinajstić information content (AvgIpc) is 2.09. The van der Waals surface area contributed by atoms with Crippen LogP contribution in [0.25, 0.3) is 0 Å². The Morgan fingerprint density at radius 2 is 1.80 bits per heavy atom. The second-order valence-electron chi connectivity index (χ2n) is 4.49. The zero-order chi connectivity index (χ0) is 11.9. The highest BCUT2D eigenvalue weighted by atomic mass is 32.2. The van der Waals surface area contributed by atoms with E-state index in [0.717, 1.165) is 25.8 Å². The van der Waals surface area contributed by atoms with Gasteiger partial charge in [-0.25, -0.2) is 8.42 Å². The lowest BCUT2D eigenvalue weighted by atomic mass is 10.2. The molecule has 0 bridgehead atoms. The Kier molecular flexibility index (Phi) is 6.40. The number of rotatable bonds is 8. The quantitative estimate of drug-likeness (QED) is 0.605. The third-order valence-corrected chi connectivity index (χ3v) is 4.72. The van der Waals surface area contributed by atoms with E-state index in [0.29, 0.717) is 6.54 Å². The first-order chi connectivity index (χ1) is 6.81. The summed E-state index contributed by atoms with van der Waals surface area (Å²) in [5, 5.41) is 11.7. The van der Waals surface area contributed by atoms with Gasteiger partial charge in [-0.1, -0.05) is 0 Å². The van der Waals surface area contributed by atoms with Gasteiger partial charge in [0.2, 0.25) is 0 Å². The van der Waals surface area contributed by atoms with Crippen LogP contribution in [-0.2, 0) is 9.84 Å². The molecule has 0 aliphatic rings. The second-order valence-corrected chi connectivity index (χ2v) is 7.14. The van der Waals surface area contributed by atoms with Crippen molar-refractivity contribution in [1.82, 2.24) is 5.32 Å². The van der Waals surface area contributed by atoms with Crippen molar-refractivity contribution in [2.24, 2.45) is 0 Å². The van der Waals surface area contributed by atoms with Crippen LogP contribution in [0, 0.1) is 0 Å². The molecule has 92 valence electrons. The number of aliphatic hydroxyl groups is 1. The minimum absolute atomic E-state index is 0.231. The molecule has 0 fully saturated rings. The van der Waals surface area contributed by atoms with Gasteiger partial charge in [0.05, 0.1) is 4.75 Å². The first-order valence-corrected chi connectivity index (χ1v) is 7.21. The van der Waals surface area contributed by atoms with E-state index in [1.54, 1.807) is 13.8 Å². The zero-order valence-corrected chi connectivity index (χ0v) is 10.7. The van der Waals surface area contributed by atoms with Gasteiger partial charge in [-0.05, 0) is 39.7 Å².